The van der Waals surface area contributed by atoms with Gasteiger partial charge in [0.2, 0.25) is 0 Å². The second-order valence-corrected chi connectivity index (χ2v) is 4.01. The second-order valence-electron chi connectivity index (χ2n) is 4.01. The van der Waals surface area contributed by atoms with Gasteiger partial charge in [-0.1, -0.05) is 19.1 Å². The fourth-order valence-corrected chi connectivity index (χ4v) is 1.77. The summed E-state index contributed by atoms with van der Waals surface area (Å²) in [5, 5.41) is 4.19. The van der Waals surface area contributed by atoms with Crippen LogP contribution in [0, 0.1) is 5.82 Å². The molecule has 0 unspecified atom stereocenters. The van der Waals surface area contributed by atoms with E-state index in [-0.39, 0.29) is 18.2 Å². The molecule has 98 valence electrons. The standard InChI is InChI=1S/C13H16FN3.ClH/c1-2-5-17-9-11(8-16-17)12-4-3-10(7-15)6-13(12)14;/h3-4,6,8-9H,2,5,7,15H2,1H3;1H. The smallest absolute Gasteiger partial charge is 0.131 e. The van der Waals surface area contributed by atoms with Crippen molar-refractivity contribution in [1.82, 2.24) is 9.78 Å². The maximum Gasteiger partial charge on any atom is 0.131 e. The molecular weight excluding hydrogens is 253 g/mol. The van der Waals surface area contributed by atoms with Crippen LogP contribution in [-0.2, 0) is 13.1 Å². The quantitative estimate of drug-likeness (QED) is 0.927. The number of aryl methyl sites for hydroxylation is 1. The minimum Gasteiger partial charge on any atom is -0.326 e. The molecule has 5 heteroatoms. The molecule has 0 spiro atoms. The van der Waals surface area contributed by atoms with E-state index in [9.17, 15) is 4.39 Å². The first-order valence-electron chi connectivity index (χ1n) is 5.76. The van der Waals surface area contributed by atoms with Gasteiger partial charge in [-0.3, -0.25) is 4.68 Å². The van der Waals surface area contributed by atoms with Crippen LogP contribution in [0.2, 0.25) is 0 Å². The highest BCUT2D eigenvalue weighted by atomic mass is 35.5. The van der Waals surface area contributed by atoms with E-state index in [1.165, 1.54) is 6.07 Å². The molecule has 0 saturated carbocycles. The Bertz CT molecular complexity index is 511. The minimum absolute atomic E-state index is 0. The number of halogens is 2. The monoisotopic (exact) mass is 269 g/mol. The summed E-state index contributed by atoms with van der Waals surface area (Å²) in [4.78, 5) is 0. The molecule has 0 bridgehead atoms. The van der Waals surface area contributed by atoms with Gasteiger partial charge in [-0.15, -0.1) is 12.4 Å². The van der Waals surface area contributed by atoms with Crippen molar-refractivity contribution in [2.75, 3.05) is 0 Å². The van der Waals surface area contributed by atoms with Gasteiger partial charge in [-0.2, -0.15) is 5.10 Å². The number of benzene rings is 1. The van der Waals surface area contributed by atoms with Gasteiger partial charge in [0.1, 0.15) is 5.82 Å². The molecule has 2 aromatic rings. The van der Waals surface area contributed by atoms with Crippen molar-refractivity contribution in [3.05, 3.63) is 42.0 Å². The van der Waals surface area contributed by atoms with Gasteiger partial charge in [0.15, 0.2) is 0 Å². The predicted octanol–water partition coefficient (Wildman–Crippen LogP) is 2.98. The summed E-state index contributed by atoms with van der Waals surface area (Å²) in [6.07, 6.45) is 4.57. The van der Waals surface area contributed by atoms with Crippen LogP contribution in [-0.4, -0.2) is 9.78 Å². The lowest BCUT2D eigenvalue weighted by Gasteiger charge is -2.02. The van der Waals surface area contributed by atoms with Crippen molar-refractivity contribution in [3.63, 3.8) is 0 Å². The molecule has 0 amide bonds. The summed E-state index contributed by atoms with van der Waals surface area (Å²) < 4.78 is 15.7. The highest BCUT2D eigenvalue weighted by Crippen LogP contribution is 2.23. The molecule has 1 aromatic heterocycles. The third-order valence-corrected chi connectivity index (χ3v) is 2.67. The number of rotatable bonds is 4. The molecule has 0 radical (unpaired) electrons. The fourth-order valence-electron chi connectivity index (χ4n) is 1.77. The first kappa shape index (κ1) is 14.7. The van der Waals surface area contributed by atoms with Crippen LogP contribution < -0.4 is 5.73 Å². The molecule has 18 heavy (non-hydrogen) atoms. The molecule has 0 aliphatic heterocycles. The number of nitrogens with two attached hydrogens (primary N) is 1. The number of hydrogen-bond donors (Lipinski definition) is 1. The van der Waals surface area contributed by atoms with Crippen molar-refractivity contribution in [3.8, 4) is 11.1 Å². The van der Waals surface area contributed by atoms with E-state index in [0.717, 1.165) is 24.1 Å². The normalized spacial score (nSPS) is 10.2. The highest BCUT2D eigenvalue weighted by Gasteiger charge is 2.07. The van der Waals surface area contributed by atoms with E-state index < -0.39 is 0 Å². The molecule has 0 fully saturated rings. The van der Waals surface area contributed by atoms with Crippen LogP contribution in [0.3, 0.4) is 0 Å². The Hall–Kier alpha value is -1.39. The van der Waals surface area contributed by atoms with Crippen molar-refractivity contribution in [1.29, 1.82) is 0 Å². The van der Waals surface area contributed by atoms with Crippen molar-refractivity contribution >= 4 is 12.4 Å². The molecule has 2 rings (SSSR count). The van der Waals surface area contributed by atoms with Crippen molar-refractivity contribution in [2.45, 2.75) is 26.4 Å². The first-order chi connectivity index (χ1) is 8.24. The zero-order valence-electron chi connectivity index (χ0n) is 10.3. The average molecular weight is 270 g/mol. The van der Waals surface area contributed by atoms with Gasteiger partial charge in [0, 0.05) is 30.4 Å². The van der Waals surface area contributed by atoms with Crippen LogP contribution in [0.5, 0.6) is 0 Å². The summed E-state index contributed by atoms with van der Waals surface area (Å²) in [7, 11) is 0. The molecule has 0 saturated heterocycles. The van der Waals surface area contributed by atoms with Crippen LogP contribution in [0.1, 0.15) is 18.9 Å². The Kier molecular flexibility index (Phi) is 5.31. The van der Waals surface area contributed by atoms with Crippen molar-refractivity contribution in [2.24, 2.45) is 5.73 Å². The molecule has 0 aliphatic rings. The van der Waals surface area contributed by atoms with E-state index >= 15 is 0 Å². The highest BCUT2D eigenvalue weighted by molar-refractivity contribution is 5.85. The molecule has 1 heterocycles. The van der Waals surface area contributed by atoms with E-state index in [1.807, 2.05) is 16.9 Å². The average Bonchev–Trinajstić information content (AvgIpc) is 2.78. The van der Waals surface area contributed by atoms with E-state index in [4.69, 9.17) is 5.73 Å². The van der Waals surface area contributed by atoms with Gasteiger partial charge < -0.3 is 5.73 Å². The topological polar surface area (TPSA) is 43.8 Å². The van der Waals surface area contributed by atoms with Crippen LogP contribution >= 0.6 is 12.4 Å². The largest absolute Gasteiger partial charge is 0.326 e. The van der Waals surface area contributed by atoms with Crippen LogP contribution in [0.25, 0.3) is 11.1 Å². The molecule has 2 N–H and O–H groups in total. The van der Waals surface area contributed by atoms with Crippen LogP contribution in [0.4, 0.5) is 4.39 Å². The van der Waals surface area contributed by atoms with Crippen molar-refractivity contribution < 1.29 is 4.39 Å². The maximum atomic E-state index is 13.8. The molecule has 1 aromatic carbocycles. The van der Waals surface area contributed by atoms with Gasteiger partial charge >= 0.3 is 0 Å². The summed E-state index contributed by atoms with van der Waals surface area (Å²) in [6.45, 7) is 3.28. The fraction of sp³-hybridized carbons (Fsp3) is 0.308. The summed E-state index contributed by atoms with van der Waals surface area (Å²) in [6, 6.07) is 5.08. The third kappa shape index (κ3) is 3.09. The van der Waals surface area contributed by atoms with E-state index in [1.54, 1.807) is 12.3 Å². The first-order valence-corrected chi connectivity index (χ1v) is 5.76. The maximum absolute atomic E-state index is 13.8. The Labute approximate surface area is 112 Å². The van der Waals surface area contributed by atoms with Gasteiger partial charge in [-0.25, -0.2) is 4.39 Å². The Morgan fingerprint density at radius 1 is 1.39 bits per heavy atom. The van der Waals surface area contributed by atoms with E-state index in [0.29, 0.717) is 12.1 Å². The Morgan fingerprint density at radius 3 is 2.78 bits per heavy atom. The lowest BCUT2D eigenvalue weighted by atomic mass is 10.1. The Morgan fingerprint density at radius 2 is 2.17 bits per heavy atom. The zero-order valence-corrected chi connectivity index (χ0v) is 11.1. The Balaban J connectivity index is 0.00000162. The summed E-state index contributed by atoms with van der Waals surface area (Å²) in [5.41, 5.74) is 7.65. The number of aromatic nitrogens is 2. The lowest BCUT2D eigenvalue weighted by molar-refractivity contribution is 0.602. The lowest BCUT2D eigenvalue weighted by Crippen LogP contribution is -1.97. The predicted molar refractivity (Wildman–Crippen MR) is 73.1 cm³/mol. The SMILES string of the molecule is CCCn1cc(-c2ccc(CN)cc2F)cn1.Cl. The molecular formula is C13H17ClFN3. The van der Waals surface area contributed by atoms with Gasteiger partial charge in [-0.05, 0) is 18.1 Å². The van der Waals surface area contributed by atoms with E-state index in [2.05, 4.69) is 12.0 Å². The van der Waals surface area contributed by atoms with Crippen LogP contribution in [0.15, 0.2) is 30.6 Å². The van der Waals surface area contributed by atoms with Gasteiger partial charge in [0.05, 0.1) is 6.20 Å². The third-order valence-electron chi connectivity index (χ3n) is 2.67. The van der Waals surface area contributed by atoms with Gasteiger partial charge in [0.25, 0.3) is 0 Å². The molecule has 3 nitrogen and oxygen atoms in total. The number of hydrogen-bond acceptors (Lipinski definition) is 2. The molecule has 0 aliphatic carbocycles. The minimum atomic E-state index is -0.246. The zero-order chi connectivity index (χ0) is 12.3. The summed E-state index contributed by atoms with van der Waals surface area (Å²) >= 11 is 0. The molecule has 0 atom stereocenters. The summed E-state index contributed by atoms with van der Waals surface area (Å²) in [5.74, 6) is -0.246. The number of nitrogens with zero attached hydrogens (tertiary/aromatic N) is 2. The second kappa shape index (κ2) is 6.52.